The fourth-order valence-electron chi connectivity index (χ4n) is 4.16. The van der Waals surface area contributed by atoms with E-state index in [0.717, 1.165) is 19.4 Å². The Labute approximate surface area is 195 Å². The quantitative estimate of drug-likeness (QED) is 0.404. The van der Waals surface area contributed by atoms with Crippen molar-refractivity contribution in [3.8, 4) is 0 Å². The van der Waals surface area contributed by atoms with Crippen LogP contribution in [0.1, 0.15) is 41.0 Å². The van der Waals surface area contributed by atoms with Crippen LogP contribution in [0.5, 0.6) is 0 Å². The fourth-order valence-corrected chi connectivity index (χ4v) is 4.16. The van der Waals surface area contributed by atoms with Gasteiger partial charge in [0.2, 0.25) is 5.76 Å². The Morgan fingerprint density at radius 1 is 1.12 bits per heavy atom. The second-order valence-corrected chi connectivity index (χ2v) is 8.67. The van der Waals surface area contributed by atoms with E-state index >= 15 is 0 Å². The third kappa shape index (κ3) is 4.95. The van der Waals surface area contributed by atoms with Gasteiger partial charge in [0.15, 0.2) is 18.0 Å². The number of Topliss-reactive ketones (excluding diaryl/α,β-unsaturated/α-hetero) is 1. The summed E-state index contributed by atoms with van der Waals surface area (Å²) in [7, 11) is 0. The number of allylic oxidation sites excluding steroid dienone is 2. The van der Waals surface area contributed by atoms with Crippen molar-refractivity contribution in [3.63, 3.8) is 0 Å². The van der Waals surface area contributed by atoms with Gasteiger partial charge in [-0.15, -0.1) is 0 Å². The van der Waals surface area contributed by atoms with Crippen molar-refractivity contribution in [1.29, 1.82) is 0 Å². The number of ether oxygens (including phenoxy) is 6. The van der Waals surface area contributed by atoms with E-state index in [1.807, 2.05) is 13.8 Å². The van der Waals surface area contributed by atoms with Crippen LogP contribution in [0.4, 0.5) is 0 Å². The maximum Gasteiger partial charge on any atom is 0.378 e. The molecule has 3 rings (SSSR count). The molecule has 184 valence electrons. The molecule has 0 saturated carbocycles. The summed E-state index contributed by atoms with van der Waals surface area (Å²) in [5, 5.41) is 0. The number of esters is 4. The van der Waals surface area contributed by atoms with Gasteiger partial charge in [0.25, 0.3) is 12.0 Å². The molecule has 0 aromatic carbocycles. The minimum absolute atomic E-state index is 0.237. The number of carbonyl (C=O) groups is 5. The van der Waals surface area contributed by atoms with E-state index in [1.165, 1.54) is 0 Å². The van der Waals surface area contributed by atoms with Crippen LogP contribution in [-0.4, -0.2) is 60.9 Å². The zero-order valence-corrected chi connectivity index (χ0v) is 19.5. The second-order valence-electron chi connectivity index (χ2n) is 8.67. The Balaban J connectivity index is 1.72. The molecule has 1 aliphatic carbocycles. The van der Waals surface area contributed by atoms with Gasteiger partial charge >= 0.3 is 23.9 Å². The first-order valence-electron chi connectivity index (χ1n) is 10.5. The lowest BCUT2D eigenvalue weighted by atomic mass is 9.71. The molecule has 0 N–H and O–H groups in total. The maximum atomic E-state index is 12.7. The topological polar surface area (TPSA) is 141 Å². The highest BCUT2D eigenvalue weighted by atomic mass is 16.8. The van der Waals surface area contributed by atoms with Crippen molar-refractivity contribution in [2.75, 3.05) is 6.61 Å². The van der Waals surface area contributed by atoms with Crippen molar-refractivity contribution in [3.05, 3.63) is 35.3 Å². The largest absolute Gasteiger partial charge is 0.450 e. The molecule has 0 bridgehead atoms. The summed E-state index contributed by atoms with van der Waals surface area (Å²) < 4.78 is 31.3. The van der Waals surface area contributed by atoms with Gasteiger partial charge in [0.05, 0.1) is 6.61 Å². The van der Waals surface area contributed by atoms with E-state index in [-0.39, 0.29) is 24.6 Å². The lowest BCUT2D eigenvalue weighted by molar-refractivity contribution is -0.185. The molecule has 0 radical (unpaired) electrons. The van der Waals surface area contributed by atoms with Gasteiger partial charge in [0.1, 0.15) is 6.10 Å². The highest BCUT2D eigenvalue weighted by Crippen LogP contribution is 2.40. The molecule has 0 spiro atoms. The first kappa shape index (κ1) is 25.3. The van der Waals surface area contributed by atoms with Crippen molar-refractivity contribution < 1.29 is 52.4 Å². The van der Waals surface area contributed by atoms with Crippen molar-refractivity contribution >= 4 is 29.7 Å². The molecule has 34 heavy (non-hydrogen) atoms. The van der Waals surface area contributed by atoms with Crippen LogP contribution in [0.25, 0.3) is 0 Å². The number of cyclic esters (lactones) is 1. The number of hydrogen-bond acceptors (Lipinski definition) is 11. The Hall–Kier alpha value is -3.31. The van der Waals surface area contributed by atoms with Crippen LogP contribution >= 0.6 is 0 Å². The van der Waals surface area contributed by atoms with Gasteiger partial charge in [0, 0.05) is 20.3 Å². The molecule has 0 aromatic rings. The summed E-state index contributed by atoms with van der Waals surface area (Å²) in [5.74, 6) is -4.89. The summed E-state index contributed by atoms with van der Waals surface area (Å²) >= 11 is 0. The molecule has 1 fully saturated rings. The summed E-state index contributed by atoms with van der Waals surface area (Å²) in [6.07, 6.45) is -3.05. The summed E-state index contributed by atoms with van der Waals surface area (Å²) in [6.45, 7) is 11.1. The normalized spacial score (nSPS) is 28.5. The monoisotopic (exact) mass is 478 g/mol. The molecule has 3 aliphatic rings. The van der Waals surface area contributed by atoms with E-state index in [2.05, 4.69) is 6.58 Å². The minimum atomic E-state index is -1.51. The molecular formula is C23H26O11. The Morgan fingerprint density at radius 3 is 2.35 bits per heavy atom. The fraction of sp³-hybridized carbons (Fsp3) is 0.522. The molecule has 0 amide bonds. The highest BCUT2D eigenvalue weighted by Gasteiger charge is 2.49. The standard InChI is InChI=1S/C23H26O11/c1-7-13-10(2)16(26)14(8-23(13,5)6)32-21(28)22-29-9-15(33-22)17-18(30-11(3)24)19(20(27)34-17)31-12(4)25/h7,14-15,17,22H,1,8-9H2,2-6H3/t14?,15?,17-,22?/m1/s1. The summed E-state index contributed by atoms with van der Waals surface area (Å²) in [4.78, 5) is 60.3. The lowest BCUT2D eigenvalue weighted by Crippen LogP contribution is -2.41. The van der Waals surface area contributed by atoms with Crippen LogP contribution in [0.15, 0.2) is 35.3 Å². The lowest BCUT2D eigenvalue weighted by Gasteiger charge is -2.36. The molecular weight excluding hydrogens is 452 g/mol. The minimum Gasteiger partial charge on any atom is -0.450 e. The van der Waals surface area contributed by atoms with Crippen LogP contribution in [-0.2, 0) is 52.4 Å². The van der Waals surface area contributed by atoms with Crippen LogP contribution < -0.4 is 0 Å². The van der Waals surface area contributed by atoms with Gasteiger partial charge < -0.3 is 28.4 Å². The predicted molar refractivity (Wildman–Crippen MR) is 111 cm³/mol. The van der Waals surface area contributed by atoms with Crippen molar-refractivity contribution in [1.82, 2.24) is 0 Å². The smallest absolute Gasteiger partial charge is 0.378 e. The van der Waals surface area contributed by atoms with Gasteiger partial charge in [-0.3, -0.25) is 14.4 Å². The Morgan fingerprint density at radius 2 is 1.76 bits per heavy atom. The number of carbonyl (C=O) groups excluding carboxylic acids is 5. The molecule has 4 atom stereocenters. The Bertz CT molecular complexity index is 1020. The van der Waals surface area contributed by atoms with E-state index in [0.29, 0.717) is 5.57 Å². The second kappa shape index (κ2) is 9.51. The van der Waals surface area contributed by atoms with Crippen molar-refractivity contribution in [2.24, 2.45) is 5.41 Å². The first-order chi connectivity index (χ1) is 15.9. The summed E-state index contributed by atoms with van der Waals surface area (Å²) in [5.41, 5.74) is 0.802. The predicted octanol–water partition coefficient (Wildman–Crippen LogP) is 1.40. The average Bonchev–Trinajstić information content (AvgIpc) is 3.32. The van der Waals surface area contributed by atoms with E-state index in [1.54, 1.807) is 13.0 Å². The molecule has 1 saturated heterocycles. The number of ketones is 1. The molecule has 2 aliphatic heterocycles. The third-order valence-electron chi connectivity index (χ3n) is 5.59. The highest BCUT2D eigenvalue weighted by molar-refractivity contribution is 6.01. The van der Waals surface area contributed by atoms with Crippen molar-refractivity contribution in [2.45, 2.75) is 65.6 Å². The van der Waals surface area contributed by atoms with Gasteiger partial charge in [-0.1, -0.05) is 26.5 Å². The van der Waals surface area contributed by atoms with Gasteiger partial charge in [-0.2, -0.15) is 0 Å². The van der Waals surface area contributed by atoms with E-state index < -0.39 is 59.7 Å². The third-order valence-corrected chi connectivity index (χ3v) is 5.59. The van der Waals surface area contributed by atoms with E-state index in [9.17, 15) is 24.0 Å². The van der Waals surface area contributed by atoms with Crippen LogP contribution in [0.2, 0.25) is 0 Å². The summed E-state index contributed by atoms with van der Waals surface area (Å²) in [6, 6.07) is 0. The molecule has 3 unspecified atom stereocenters. The van der Waals surface area contributed by atoms with Gasteiger partial charge in [-0.05, 0) is 23.5 Å². The Kier molecular flexibility index (Phi) is 7.08. The maximum absolute atomic E-state index is 12.7. The van der Waals surface area contributed by atoms with Gasteiger partial charge in [-0.25, -0.2) is 9.59 Å². The zero-order valence-electron chi connectivity index (χ0n) is 19.5. The van der Waals surface area contributed by atoms with E-state index in [4.69, 9.17) is 28.4 Å². The van der Waals surface area contributed by atoms with Crippen LogP contribution in [0.3, 0.4) is 0 Å². The average molecular weight is 478 g/mol. The molecule has 0 aromatic heterocycles. The number of hydrogen-bond donors (Lipinski definition) is 0. The number of rotatable bonds is 6. The SMILES string of the molecule is C=CC1=C(C)C(=O)C(OC(=O)C2OCC([C@H]3OC(=O)C(OC(C)=O)=C3OC(C)=O)O2)CC1(C)C. The molecule has 11 heteroatoms. The zero-order chi connectivity index (χ0) is 25.4. The molecule has 11 nitrogen and oxygen atoms in total. The molecule has 2 heterocycles. The van der Waals surface area contributed by atoms with Crippen LogP contribution in [0, 0.1) is 5.41 Å². The first-order valence-corrected chi connectivity index (χ1v) is 10.5.